The lowest BCUT2D eigenvalue weighted by Crippen LogP contribution is -2.32. The first-order valence-corrected chi connectivity index (χ1v) is 7.82. The van der Waals surface area contributed by atoms with Crippen molar-refractivity contribution in [2.75, 3.05) is 24.5 Å². The average Bonchev–Trinajstić information content (AvgIpc) is 2.90. The van der Waals surface area contributed by atoms with Gasteiger partial charge in [0, 0.05) is 31.9 Å². The zero-order valence-electron chi connectivity index (χ0n) is 12.4. The second-order valence-corrected chi connectivity index (χ2v) is 5.45. The van der Waals surface area contributed by atoms with Crippen LogP contribution in [-0.2, 0) is 6.42 Å². The van der Waals surface area contributed by atoms with Crippen molar-refractivity contribution in [3.63, 3.8) is 0 Å². The molecule has 0 atom stereocenters. The highest BCUT2D eigenvalue weighted by molar-refractivity contribution is 5.34. The molecular formula is C15H28N4. The molecule has 0 saturated heterocycles. The highest BCUT2D eigenvalue weighted by atomic mass is 15.3. The summed E-state index contributed by atoms with van der Waals surface area (Å²) >= 11 is 0. The third-order valence-corrected chi connectivity index (χ3v) is 4.16. The summed E-state index contributed by atoms with van der Waals surface area (Å²) in [4.78, 5) is 7.14. The highest BCUT2D eigenvalue weighted by Gasteiger charge is 2.21. The van der Waals surface area contributed by atoms with Gasteiger partial charge < -0.3 is 15.2 Å². The van der Waals surface area contributed by atoms with Gasteiger partial charge in [0.25, 0.3) is 0 Å². The first-order chi connectivity index (χ1) is 9.30. The number of hydrogen-bond donors (Lipinski definition) is 1. The van der Waals surface area contributed by atoms with Crippen molar-refractivity contribution < 1.29 is 0 Å². The molecule has 2 N–H and O–H groups in total. The minimum Gasteiger partial charge on any atom is -0.341 e. The summed E-state index contributed by atoms with van der Waals surface area (Å²) in [5, 5.41) is 0. The Bertz CT molecular complexity index is 357. The molecule has 4 nitrogen and oxygen atoms in total. The van der Waals surface area contributed by atoms with Crippen molar-refractivity contribution in [3.8, 4) is 0 Å². The summed E-state index contributed by atoms with van der Waals surface area (Å²) in [6.07, 6.45) is 9.97. The fourth-order valence-corrected chi connectivity index (χ4v) is 3.02. The smallest absolute Gasteiger partial charge is 0.206 e. The second-order valence-electron chi connectivity index (χ2n) is 5.45. The molecule has 0 spiro atoms. The maximum atomic E-state index is 5.73. The van der Waals surface area contributed by atoms with Crippen LogP contribution in [0.5, 0.6) is 0 Å². The largest absolute Gasteiger partial charge is 0.341 e. The van der Waals surface area contributed by atoms with Crippen molar-refractivity contribution >= 4 is 5.95 Å². The van der Waals surface area contributed by atoms with Gasteiger partial charge in [-0.15, -0.1) is 0 Å². The van der Waals surface area contributed by atoms with Crippen LogP contribution in [0.4, 0.5) is 5.95 Å². The van der Waals surface area contributed by atoms with Crippen LogP contribution < -0.4 is 10.6 Å². The lowest BCUT2D eigenvalue weighted by atomic mass is 9.95. The molecule has 1 aromatic rings. The molecule has 0 bridgehead atoms. The number of rotatable bonds is 6. The number of hydrogen-bond acceptors (Lipinski definition) is 3. The Balaban J connectivity index is 2.26. The normalized spacial score (nSPS) is 16.8. The number of nitrogens with two attached hydrogens (primary N) is 1. The quantitative estimate of drug-likeness (QED) is 0.859. The van der Waals surface area contributed by atoms with Crippen LogP contribution in [0.1, 0.15) is 57.7 Å². The van der Waals surface area contributed by atoms with Crippen LogP contribution in [0.3, 0.4) is 0 Å². The van der Waals surface area contributed by atoms with Gasteiger partial charge in [0.1, 0.15) is 0 Å². The van der Waals surface area contributed by atoms with E-state index in [2.05, 4.69) is 29.5 Å². The van der Waals surface area contributed by atoms with Crippen LogP contribution in [-0.4, -0.2) is 29.2 Å². The van der Waals surface area contributed by atoms with E-state index in [1.807, 2.05) is 0 Å². The van der Waals surface area contributed by atoms with Gasteiger partial charge in [-0.25, -0.2) is 4.98 Å². The van der Waals surface area contributed by atoms with Crippen LogP contribution in [0.25, 0.3) is 0 Å². The molecule has 0 aliphatic heterocycles. The maximum absolute atomic E-state index is 5.73. The molecule has 1 fully saturated rings. The molecule has 1 aromatic heterocycles. The summed E-state index contributed by atoms with van der Waals surface area (Å²) < 4.78 is 2.43. The van der Waals surface area contributed by atoms with E-state index in [0.29, 0.717) is 12.6 Å². The third kappa shape index (κ3) is 3.30. The van der Waals surface area contributed by atoms with Gasteiger partial charge in [-0.1, -0.05) is 26.2 Å². The molecule has 1 saturated carbocycles. The van der Waals surface area contributed by atoms with E-state index in [0.717, 1.165) is 25.5 Å². The van der Waals surface area contributed by atoms with Crippen molar-refractivity contribution in [1.29, 1.82) is 0 Å². The van der Waals surface area contributed by atoms with Crippen molar-refractivity contribution in [3.05, 3.63) is 11.9 Å². The van der Waals surface area contributed by atoms with E-state index in [4.69, 9.17) is 10.7 Å². The van der Waals surface area contributed by atoms with Gasteiger partial charge in [-0.2, -0.15) is 0 Å². The topological polar surface area (TPSA) is 47.1 Å². The number of nitrogens with zero attached hydrogens (tertiary/aromatic N) is 3. The van der Waals surface area contributed by atoms with Crippen LogP contribution in [0.2, 0.25) is 0 Å². The average molecular weight is 264 g/mol. The molecule has 108 valence electrons. The molecule has 1 aliphatic rings. The third-order valence-electron chi connectivity index (χ3n) is 4.16. The van der Waals surface area contributed by atoms with E-state index in [1.54, 1.807) is 0 Å². The van der Waals surface area contributed by atoms with E-state index in [1.165, 1.54) is 37.8 Å². The summed E-state index contributed by atoms with van der Waals surface area (Å²) in [5.41, 5.74) is 6.94. The number of aryl methyl sites for hydroxylation is 1. The van der Waals surface area contributed by atoms with E-state index < -0.39 is 0 Å². The summed E-state index contributed by atoms with van der Waals surface area (Å²) in [5.74, 6) is 1.14. The second kappa shape index (κ2) is 6.94. The fourth-order valence-electron chi connectivity index (χ4n) is 3.02. The lowest BCUT2D eigenvalue weighted by molar-refractivity contribution is 0.353. The van der Waals surface area contributed by atoms with E-state index in [-0.39, 0.29) is 0 Å². The zero-order chi connectivity index (χ0) is 13.7. The van der Waals surface area contributed by atoms with Gasteiger partial charge in [-0.05, 0) is 26.2 Å². The Labute approximate surface area is 117 Å². The monoisotopic (exact) mass is 264 g/mol. The maximum Gasteiger partial charge on any atom is 0.206 e. The lowest BCUT2D eigenvalue weighted by Gasteiger charge is -2.29. The van der Waals surface area contributed by atoms with Gasteiger partial charge in [-0.3, -0.25) is 0 Å². The summed E-state index contributed by atoms with van der Waals surface area (Å²) in [7, 11) is 0. The molecule has 0 radical (unpaired) electrons. The van der Waals surface area contributed by atoms with Gasteiger partial charge in [0.2, 0.25) is 5.95 Å². The molecule has 4 heteroatoms. The van der Waals surface area contributed by atoms with Crippen LogP contribution >= 0.6 is 0 Å². The van der Waals surface area contributed by atoms with Gasteiger partial charge in [0.15, 0.2) is 0 Å². The number of aromatic nitrogens is 2. The predicted molar refractivity (Wildman–Crippen MR) is 80.7 cm³/mol. The number of anilines is 1. The van der Waals surface area contributed by atoms with Gasteiger partial charge >= 0.3 is 0 Å². The standard InChI is InChI=1S/C15H28N4/c1-3-13-12-19(14-8-6-5-7-9-14)15(17-13)18(4-2)11-10-16/h12,14H,3-11,16H2,1-2H3. The molecule has 2 rings (SSSR count). The molecule has 0 unspecified atom stereocenters. The summed E-state index contributed by atoms with van der Waals surface area (Å²) in [6.45, 7) is 6.91. The SMILES string of the molecule is CCc1cn(C2CCCCC2)c(N(CC)CCN)n1. The van der Waals surface area contributed by atoms with Crippen LogP contribution in [0, 0.1) is 0 Å². The fraction of sp³-hybridized carbons (Fsp3) is 0.800. The minimum atomic E-state index is 0.642. The highest BCUT2D eigenvalue weighted by Crippen LogP contribution is 2.32. The zero-order valence-corrected chi connectivity index (χ0v) is 12.4. The predicted octanol–water partition coefficient (Wildman–Crippen LogP) is 2.74. The first kappa shape index (κ1) is 14.4. The van der Waals surface area contributed by atoms with E-state index >= 15 is 0 Å². The Kier molecular flexibility index (Phi) is 5.25. The van der Waals surface area contributed by atoms with Crippen molar-refractivity contribution in [1.82, 2.24) is 9.55 Å². The Morgan fingerprint density at radius 2 is 2.05 bits per heavy atom. The van der Waals surface area contributed by atoms with E-state index in [9.17, 15) is 0 Å². The summed E-state index contributed by atoms with van der Waals surface area (Å²) in [6, 6.07) is 0.642. The molecule has 1 heterocycles. The molecule has 19 heavy (non-hydrogen) atoms. The molecule has 0 aromatic carbocycles. The molecule has 0 amide bonds. The Morgan fingerprint density at radius 1 is 1.32 bits per heavy atom. The number of likely N-dealkylation sites (N-methyl/N-ethyl adjacent to an activating group) is 1. The minimum absolute atomic E-state index is 0.642. The Hall–Kier alpha value is -1.03. The van der Waals surface area contributed by atoms with Gasteiger partial charge in [0.05, 0.1) is 5.69 Å². The van der Waals surface area contributed by atoms with Crippen LogP contribution in [0.15, 0.2) is 6.20 Å². The van der Waals surface area contributed by atoms with Crippen molar-refractivity contribution in [2.24, 2.45) is 5.73 Å². The Morgan fingerprint density at radius 3 is 2.63 bits per heavy atom. The van der Waals surface area contributed by atoms with Crippen molar-refractivity contribution in [2.45, 2.75) is 58.4 Å². The molecule has 1 aliphatic carbocycles. The first-order valence-electron chi connectivity index (χ1n) is 7.82. The molecular weight excluding hydrogens is 236 g/mol. The number of imidazole rings is 1.